The predicted molar refractivity (Wildman–Crippen MR) is 77.9 cm³/mol. The largest absolute Gasteiger partial charge is 0.0708 e. The fraction of sp³-hybridized carbons (Fsp3) is 0.667. The number of rotatable bonds is 2. The summed E-state index contributed by atoms with van der Waals surface area (Å²) >= 11 is 0. The lowest BCUT2D eigenvalue weighted by Gasteiger charge is -2.28. The molecule has 1 saturated heterocycles. The minimum Gasteiger partial charge on any atom is -0.0708 e. The van der Waals surface area contributed by atoms with Gasteiger partial charge in [-0.3, -0.25) is 0 Å². The highest BCUT2D eigenvalue weighted by molar-refractivity contribution is 7.56. The van der Waals surface area contributed by atoms with Gasteiger partial charge in [0, 0.05) is 10.6 Å². The van der Waals surface area contributed by atoms with Crippen molar-refractivity contribution < 1.29 is 0 Å². The van der Waals surface area contributed by atoms with Crippen molar-refractivity contribution in [2.45, 2.75) is 53.1 Å². The van der Waals surface area contributed by atoms with Crippen LogP contribution >= 0.6 is 8.58 Å². The lowest BCUT2D eigenvalue weighted by molar-refractivity contribution is 1.03. The van der Waals surface area contributed by atoms with Crippen LogP contribution in [0, 0.1) is 22.4 Å². The molecule has 1 aliphatic rings. The van der Waals surface area contributed by atoms with Crippen LogP contribution in [-0.4, -0.2) is 16.1 Å². The molecule has 1 fully saturated rings. The van der Waals surface area contributed by atoms with Crippen molar-refractivity contribution in [2.75, 3.05) is 0 Å². The highest BCUT2D eigenvalue weighted by Crippen LogP contribution is 2.64. The summed E-state index contributed by atoms with van der Waals surface area (Å²) in [4.78, 5) is 0. The molecule has 0 bridgehead atoms. The van der Waals surface area contributed by atoms with Crippen molar-refractivity contribution in [2.24, 2.45) is 0 Å². The summed E-state index contributed by atoms with van der Waals surface area (Å²) in [6.45, 7) is 19.5. The van der Waals surface area contributed by atoms with Gasteiger partial charge in [-0.1, -0.05) is 61.7 Å². The molecule has 85 valence electrons. The van der Waals surface area contributed by atoms with Crippen molar-refractivity contribution in [3.63, 3.8) is 0 Å². The molecule has 0 aliphatic carbocycles. The van der Waals surface area contributed by atoms with Gasteiger partial charge < -0.3 is 0 Å². The first-order valence-electron chi connectivity index (χ1n) is 5.70. The first kappa shape index (κ1) is 13.9. The third kappa shape index (κ3) is 2.95. The summed E-state index contributed by atoms with van der Waals surface area (Å²) in [5.41, 5.74) is 0. The van der Waals surface area contributed by atoms with Crippen LogP contribution in [0.5, 0.6) is 0 Å². The van der Waals surface area contributed by atoms with E-state index in [1.54, 1.807) is 31.0 Å². The van der Waals surface area contributed by atoms with Gasteiger partial charge in [-0.05, 0) is 11.8 Å². The second-order valence-corrected chi connectivity index (χ2v) is 18.5. The fourth-order valence-corrected chi connectivity index (χ4v) is 9.30. The van der Waals surface area contributed by atoms with E-state index in [2.05, 4.69) is 53.1 Å². The molecule has 0 unspecified atom stereocenters. The molecule has 1 aliphatic heterocycles. The van der Waals surface area contributed by atoms with Crippen molar-refractivity contribution in [3.05, 3.63) is 22.4 Å². The van der Waals surface area contributed by atoms with Gasteiger partial charge in [-0.2, -0.15) is 0 Å². The molecule has 0 aromatic carbocycles. The van der Waals surface area contributed by atoms with Crippen molar-refractivity contribution in [1.82, 2.24) is 0 Å². The molecule has 1 heterocycles. The van der Waals surface area contributed by atoms with E-state index in [0.717, 1.165) is 0 Å². The van der Waals surface area contributed by atoms with Gasteiger partial charge in [0.1, 0.15) is 0 Å². The Labute approximate surface area is 100 Å². The molecule has 0 saturated carbocycles. The van der Waals surface area contributed by atoms with Crippen molar-refractivity contribution in [1.29, 1.82) is 0 Å². The molecule has 3 heteroatoms. The van der Waals surface area contributed by atoms with E-state index in [9.17, 15) is 0 Å². The zero-order chi connectivity index (χ0) is 12.0. The van der Waals surface area contributed by atoms with Crippen LogP contribution in [-0.2, 0) is 0 Å². The third-order valence-electron chi connectivity index (χ3n) is 2.92. The molecule has 0 atom stereocenters. The van der Waals surface area contributed by atoms with Crippen molar-refractivity contribution >= 4 is 24.7 Å². The summed E-state index contributed by atoms with van der Waals surface area (Å²) in [5.74, 6) is 3.24. The van der Waals surface area contributed by atoms with E-state index in [0.29, 0.717) is 0 Å². The summed E-state index contributed by atoms with van der Waals surface area (Å²) in [5, 5.41) is 3.55. The molecule has 0 nitrogen and oxygen atoms in total. The first-order valence-corrected chi connectivity index (χ1v) is 13.6. The van der Waals surface area contributed by atoms with E-state index in [1.807, 2.05) is 0 Å². The molecular weight excluding hydrogens is 231 g/mol. The van der Waals surface area contributed by atoms with Crippen LogP contribution in [0.15, 0.2) is 0 Å². The molecule has 0 N–H and O–H groups in total. The van der Waals surface area contributed by atoms with Gasteiger partial charge in [0.2, 0.25) is 0 Å². The molecule has 5 radical (unpaired) electrons. The van der Waals surface area contributed by atoms with E-state index < -0.39 is 16.1 Å². The Morgan fingerprint density at radius 3 is 1.07 bits per heavy atom. The minimum absolute atomic E-state index is 1.10. The highest BCUT2D eigenvalue weighted by Gasteiger charge is 2.50. The monoisotopic (exact) mass is 255 g/mol. The first-order chi connectivity index (χ1) is 6.55. The fourth-order valence-electron chi connectivity index (χ4n) is 2.10. The van der Waals surface area contributed by atoms with Gasteiger partial charge in [0.25, 0.3) is 0 Å². The summed E-state index contributed by atoms with van der Waals surface area (Å²) in [7, 11) is -0.623. The molecule has 0 amide bonds. The van der Waals surface area contributed by atoms with Crippen LogP contribution < -0.4 is 0 Å². The maximum Gasteiger partial charge on any atom is 0.0576 e. The Kier molecular flexibility index (Phi) is 3.97. The Hall–Kier alpha value is 0.864. The molecule has 0 aromatic heterocycles. The summed E-state index contributed by atoms with van der Waals surface area (Å²) in [6.07, 6.45) is 0. The van der Waals surface area contributed by atoms with E-state index in [1.165, 1.54) is 0 Å². The van der Waals surface area contributed by atoms with Gasteiger partial charge in [0.05, 0.1) is 16.1 Å². The van der Waals surface area contributed by atoms with Gasteiger partial charge >= 0.3 is 0 Å². The minimum atomic E-state index is -1.10. The predicted octanol–water partition coefficient (Wildman–Crippen LogP) is 4.95. The molecule has 15 heavy (non-hydrogen) atoms. The van der Waals surface area contributed by atoms with Crippen LogP contribution in [0.4, 0.5) is 0 Å². The van der Waals surface area contributed by atoms with Gasteiger partial charge in [0.15, 0.2) is 0 Å². The van der Waals surface area contributed by atoms with Crippen LogP contribution in [0.1, 0.15) is 13.8 Å². The van der Waals surface area contributed by atoms with E-state index in [4.69, 9.17) is 0 Å². The standard InChI is InChI=1S/C12H24PSi2/c1-9-10(2)12(15(6,7)8)13-11(9)14(3,4)5/h1-8H3. The number of hydrogen-bond acceptors (Lipinski definition) is 0. The molecule has 1 rings (SSSR count). The highest BCUT2D eigenvalue weighted by atomic mass is 31.1. The van der Waals surface area contributed by atoms with Gasteiger partial charge in [-0.15, -0.1) is 0 Å². The smallest absolute Gasteiger partial charge is 0.0576 e. The topological polar surface area (TPSA) is 0 Å². The molecular formula is C12H24PSi2. The lowest BCUT2D eigenvalue weighted by Crippen LogP contribution is -2.30. The third-order valence-corrected chi connectivity index (χ3v) is 12.3. The van der Waals surface area contributed by atoms with Gasteiger partial charge in [-0.25, -0.2) is 0 Å². The van der Waals surface area contributed by atoms with Crippen molar-refractivity contribution in [3.8, 4) is 0 Å². The summed E-state index contributed by atoms with van der Waals surface area (Å²) in [6, 6.07) is 0. The van der Waals surface area contributed by atoms with Crippen LogP contribution in [0.3, 0.4) is 0 Å². The zero-order valence-electron chi connectivity index (χ0n) is 11.4. The second kappa shape index (κ2) is 4.27. The summed E-state index contributed by atoms with van der Waals surface area (Å²) < 4.78 is 0. The maximum absolute atomic E-state index is 2.47. The number of hydrogen-bond donors (Lipinski definition) is 0. The molecule has 0 spiro atoms. The lowest BCUT2D eigenvalue weighted by atomic mass is 10.0. The maximum atomic E-state index is 2.47. The Bertz CT molecular complexity index is 203. The SMILES string of the molecule is C[C]1[C](C)[C]([Si](C)(C)C)[P][C]1[Si](C)(C)C. The van der Waals surface area contributed by atoms with Crippen LogP contribution in [0.2, 0.25) is 39.3 Å². The van der Waals surface area contributed by atoms with E-state index >= 15 is 0 Å². The quantitative estimate of drug-likeness (QED) is 0.483. The van der Waals surface area contributed by atoms with E-state index in [-0.39, 0.29) is 0 Å². The van der Waals surface area contributed by atoms with Crippen LogP contribution in [0.25, 0.3) is 0 Å². The Balaban J connectivity index is 2.86. The second-order valence-electron chi connectivity index (χ2n) is 6.56. The molecule has 0 aromatic rings. The average Bonchev–Trinajstić information content (AvgIpc) is 2.26. The zero-order valence-corrected chi connectivity index (χ0v) is 14.3. The Morgan fingerprint density at radius 2 is 0.933 bits per heavy atom. The average molecular weight is 255 g/mol. The Morgan fingerprint density at radius 1 is 0.667 bits per heavy atom. The normalized spacial score (nSPS) is 24.0.